The Bertz CT molecular complexity index is 444. The monoisotopic (exact) mass is 254 g/mol. The molecule has 0 radical (unpaired) electrons. The van der Waals surface area contributed by atoms with Crippen LogP contribution in [0.4, 0.5) is 8.78 Å². The second kappa shape index (κ2) is 7.22. The second-order valence-electron chi connectivity index (χ2n) is 3.39. The van der Waals surface area contributed by atoms with Gasteiger partial charge >= 0.3 is 6.61 Å². The molecule has 0 saturated heterocycles. The first-order valence-electron chi connectivity index (χ1n) is 5.34. The number of ether oxygens (including phenoxy) is 1. The Kier molecular flexibility index (Phi) is 5.58. The second-order valence-corrected chi connectivity index (χ2v) is 3.39. The molecule has 6 heteroatoms. The van der Waals surface area contributed by atoms with E-state index in [2.05, 4.69) is 10.1 Å². The molecular formula is C12H12F2N2O2. The van der Waals surface area contributed by atoms with Crippen molar-refractivity contribution in [1.82, 2.24) is 5.32 Å². The smallest absolute Gasteiger partial charge is 0.387 e. The molecule has 1 aromatic rings. The van der Waals surface area contributed by atoms with Crippen molar-refractivity contribution in [3.8, 4) is 11.8 Å². The fourth-order valence-corrected chi connectivity index (χ4v) is 1.32. The van der Waals surface area contributed by atoms with Crippen molar-refractivity contribution in [2.24, 2.45) is 0 Å². The van der Waals surface area contributed by atoms with Crippen molar-refractivity contribution in [3.05, 3.63) is 29.8 Å². The lowest BCUT2D eigenvalue weighted by Crippen LogP contribution is -2.25. The van der Waals surface area contributed by atoms with Crippen molar-refractivity contribution < 1.29 is 18.3 Å². The van der Waals surface area contributed by atoms with E-state index in [4.69, 9.17) is 5.26 Å². The zero-order valence-corrected chi connectivity index (χ0v) is 9.53. The average molecular weight is 254 g/mol. The van der Waals surface area contributed by atoms with Gasteiger partial charge in [0.05, 0.1) is 11.6 Å². The van der Waals surface area contributed by atoms with Crippen molar-refractivity contribution in [2.75, 3.05) is 6.54 Å². The van der Waals surface area contributed by atoms with E-state index < -0.39 is 12.5 Å². The van der Waals surface area contributed by atoms with Crippen LogP contribution in [0.5, 0.6) is 5.75 Å². The number of nitriles is 1. The number of carbonyl (C=O) groups is 1. The molecule has 0 bridgehead atoms. The molecule has 0 aliphatic rings. The van der Waals surface area contributed by atoms with E-state index in [0.29, 0.717) is 19.4 Å². The molecule has 0 spiro atoms. The number of hydrogen-bond donors (Lipinski definition) is 1. The van der Waals surface area contributed by atoms with Crippen LogP contribution in [-0.4, -0.2) is 19.1 Å². The van der Waals surface area contributed by atoms with E-state index in [0.717, 1.165) is 0 Å². The summed E-state index contributed by atoms with van der Waals surface area (Å²) in [4.78, 5) is 11.7. The van der Waals surface area contributed by atoms with Crippen LogP contribution in [0.25, 0.3) is 0 Å². The van der Waals surface area contributed by atoms with Crippen LogP contribution in [0, 0.1) is 11.3 Å². The molecule has 18 heavy (non-hydrogen) atoms. The van der Waals surface area contributed by atoms with Gasteiger partial charge in [0.15, 0.2) is 0 Å². The number of hydrogen-bond acceptors (Lipinski definition) is 3. The lowest BCUT2D eigenvalue weighted by Gasteiger charge is -2.10. The van der Waals surface area contributed by atoms with Crippen LogP contribution in [0.1, 0.15) is 23.2 Å². The van der Waals surface area contributed by atoms with Crippen LogP contribution >= 0.6 is 0 Å². The average Bonchev–Trinajstić information content (AvgIpc) is 2.34. The molecule has 0 unspecified atom stereocenters. The SMILES string of the molecule is N#CCCCNC(=O)c1ccccc1OC(F)F. The molecule has 1 aromatic carbocycles. The van der Waals surface area contributed by atoms with Gasteiger partial charge < -0.3 is 10.1 Å². The Morgan fingerprint density at radius 3 is 2.83 bits per heavy atom. The van der Waals surface area contributed by atoms with Gasteiger partial charge in [0, 0.05) is 13.0 Å². The van der Waals surface area contributed by atoms with Gasteiger partial charge in [-0.25, -0.2) is 0 Å². The van der Waals surface area contributed by atoms with Gasteiger partial charge in [0.2, 0.25) is 0 Å². The number of rotatable bonds is 6. The Balaban J connectivity index is 2.64. The molecule has 0 aliphatic carbocycles. The Morgan fingerprint density at radius 2 is 2.17 bits per heavy atom. The summed E-state index contributed by atoms with van der Waals surface area (Å²) in [6.45, 7) is -2.66. The number of amides is 1. The quantitative estimate of drug-likeness (QED) is 0.792. The van der Waals surface area contributed by atoms with Gasteiger partial charge in [-0.05, 0) is 18.6 Å². The molecule has 0 aliphatic heterocycles. The van der Waals surface area contributed by atoms with Crippen LogP contribution in [0.3, 0.4) is 0 Å². The minimum absolute atomic E-state index is 0.0507. The molecule has 0 saturated carbocycles. The maximum Gasteiger partial charge on any atom is 0.387 e. The number of halogens is 2. The van der Waals surface area contributed by atoms with Gasteiger partial charge in [-0.15, -0.1) is 0 Å². The number of alkyl halides is 2. The predicted molar refractivity (Wildman–Crippen MR) is 60.3 cm³/mol. The van der Waals surface area contributed by atoms with E-state index >= 15 is 0 Å². The summed E-state index contributed by atoms with van der Waals surface area (Å²) in [6, 6.07) is 7.71. The standard InChI is InChI=1S/C12H12F2N2O2/c13-12(14)18-10-6-2-1-5-9(10)11(17)16-8-4-3-7-15/h1-2,5-6,12H,3-4,8H2,(H,16,17). The third-order valence-corrected chi connectivity index (χ3v) is 2.10. The van der Waals surface area contributed by atoms with Crippen LogP contribution in [-0.2, 0) is 0 Å². The topological polar surface area (TPSA) is 62.1 Å². The molecule has 4 nitrogen and oxygen atoms in total. The number of unbranched alkanes of at least 4 members (excludes halogenated alkanes) is 1. The summed E-state index contributed by atoms with van der Waals surface area (Å²) >= 11 is 0. The number of nitrogens with one attached hydrogen (secondary N) is 1. The first-order chi connectivity index (χ1) is 8.65. The summed E-state index contributed by atoms with van der Waals surface area (Å²) in [5.74, 6) is -0.658. The highest BCUT2D eigenvalue weighted by Gasteiger charge is 2.14. The van der Waals surface area contributed by atoms with E-state index in [-0.39, 0.29) is 11.3 Å². The Morgan fingerprint density at radius 1 is 1.44 bits per heavy atom. The number of nitrogens with zero attached hydrogens (tertiary/aromatic N) is 1. The number of para-hydroxylation sites is 1. The largest absolute Gasteiger partial charge is 0.434 e. The summed E-state index contributed by atoms with van der Waals surface area (Å²) in [5, 5.41) is 10.9. The van der Waals surface area contributed by atoms with Crippen LogP contribution < -0.4 is 10.1 Å². The molecular weight excluding hydrogens is 242 g/mol. The minimum atomic E-state index is -2.97. The van der Waals surface area contributed by atoms with E-state index in [1.54, 1.807) is 6.07 Å². The fourth-order valence-electron chi connectivity index (χ4n) is 1.32. The third kappa shape index (κ3) is 4.37. The minimum Gasteiger partial charge on any atom is -0.434 e. The molecule has 1 N–H and O–H groups in total. The summed E-state index contributed by atoms with van der Waals surface area (Å²) in [7, 11) is 0. The summed E-state index contributed by atoms with van der Waals surface area (Å²) in [6.07, 6.45) is 0.843. The maximum atomic E-state index is 12.1. The van der Waals surface area contributed by atoms with Crippen LogP contribution in [0.15, 0.2) is 24.3 Å². The fraction of sp³-hybridized carbons (Fsp3) is 0.333. The first-order valence-corrected chi connectivity index (χ1v) is 5.34. The van der Waals surface area contributed by atoms with Crippen molar-refractivity contribution in [1.29, 1.82) is 5.26 Å². The highest BCUT2D eigenvalue weighted by Crippen LogP contribution is 2.19. The van der Waals surface area contributed by atoms with Crippen LogP contribution in [0.2, 0.25) is 0 Å². The van der Waals surface area contributed by atoms with Crippen molar-refractivity contribution in [2.45, 2.75) is 19.5 Å². The molecule has 0 aromatic heterocycles. The predicted octanol–water partition coefficient (Wildman–Crippen LogP) is 2.32. The van der Waals surface area contributed by atoms with Crippen molar-refractivity contribution >= 4 is 5.91 Å². The van der Waals surface area contributed by atoms with Gasteiger partial charge in [0.25, 0.3) is 5.91 Å². The number of benzene rings is 1. The zero-order chi connectivity index (χ0) is 13.4. The Hall–Kier alpha value is -2.16. The van der Waals surface area contributed by atoms with Gasteiger partial charge in [-0.3, -0.25) is 4.79 Å². The zero-order valence-electron chi connectivity index (χ0n) is 9.53. The maximum absolute atomic E-state index is 12.1. The molecule has 0 fully saturated rings. The molecule has 0 atom stereocenters. The highest BCUT2D eigenvalue weighted by atomic mass is 19.3. The number of carbonyl (C=O) groups excluding carboxylic acids is 1. The first kappa shape index (κ1) is 13.9. The van der Waals surface area contributed by atoms with Gasteiger partial charge in [-0.1, -0.05) is 12.1 Å². The van der Waals surface area contributed by atoms with E-state index in [1.807, 2.05) is 6.07 Å². The lowest BCUT2D eigenvalue weighted by molar-refractivity contribution is -0.0501. The van der Waals surface area contributed by atoms with Gasteiger partial charge in [-0.2, -0.15) is 14.0 Å². The lowest BCUT2D eigenvalue weighted by atomic mass is 10.2. The van der Waals surface area contributed by atoms with Gasteiger partial charge in [0.1, 0.15) is 5.75 Å². The molecule has 0 heterocycles. The van der Waals surface area contributed by atoms with E-state index in [1.165, 1.54) is 18.2 Å². The summed E-state index contributed by atoms with van der Waals surface area (Å²) < 4.78 is 28.5. The molecule has 1 amide bonds. The van der Waals surface area contributed by atoms with Crippen molar-refractivity contribution in [3.63, 3.8) is 0 Å². The third-order valence-electron chi connectivity index (χ3n) is 2.10. The molecule has 1 rings (SSSR count). The molecule has 96 valence electrons. The normalized spacial score (nSPS) is 9.89. The Labute approximate surface area is 103 Å². The highest BCUT2D eigenvalue weighted by molar-refractivity contribution is 5.96. The van der Waals surface area contributed by atoms with E-state index in [9.17, 15) is 13.6 Å². The summed E-state index contributed by atoms with van der Waals surface area (Å²) in [5.41, 5.74) is 0.0507.